The van der Waals surface area contributed by atoms with E-state index in [1.807, 2.05) is 0 Å². The van der Waals surface area contributed by atoms with Crippen LogP contribution >= 0.6 is 0 Å². The van der Waals surface area contributed by atoms with Crippen molar-refractivity contribution in [3.05, 3.63) is 90.5 Å². The van der Waals surface area contributed by atoms with E-state index in [-0.39, 0.29) is 5.56 Å². The molecule has 9 heteroatoms. The molecule has 0 atom stereocenters. The van der Waals surface area contributed by atoms with Crippen LogP contribution in [0.2, 0.25) is 0 Å². The zero-order chi connectivity index (χ0) is 21.1. The van der Waals surface area contributed by atoms with E-state index < -0.39 is 29.0 Å². The highest BCUT2D eigenvalue weighted by Gasteiger charge is 2.19. The Bertz CT molecular complexity index is 1220. The highest BCUT2D eigenvalue weighted by atomic mass is 19.2. The molecule has 6 nitrogen and oxygen atoms in total. The third-order valence-corrected chi connectivity index (χ3v) is 4.28. The van der Waals surface area contributed by atoms with E-state index in [2.05, 4.69) is 25.3 Å². The van der Waals surface area contributed by atoms with E-state index in [1.165, 1.54) is 31.0 Å². The molecule has 4 aromatic rings. The number of nitrogens with zero attached hydrogens (tertiary/aromatic N) is 4. The molecule has 2 heterocycles. The molecule has 0 unspecified atom stereocenters. The molecule has 0 bridgehead atoms. The zero-order valence-corrected chi connectivity index (χ0v) is 15.2. The number of hydrogen-bond acceptors (Lipinski definition) is 5. The van der Waals surface area contributed by atoms with Crippen molar-refractivity contribution in [1.82, 2.24) is 19.9 Å². The fourth-order valence-electron chi connectivity index (χ4n) is 2.85. The lowest BCUT2D eigenvalue weighted by Gasteiger charge is -2.12. The first-order valence-electron chi connectivity index (χ1n) is 8.66. The van der Waals surface area contributed by atoms with Gasteiger partial charge in [0.15, 0.2) is 11.6 Å². The van der Waals surface area contributed by atoms with Gasteiger partial charge in [0.05, 0.1) is 11.4 Å². The SMILES string of the molecule is O=C(Nc1c(F)ccc(F)c1F)c1ccc(-c2ccncn2)c(-c2ccncn2)c1. The smallest absolute Gasteiger partial charge is 0.255 e. The normalized spacial score (nSPS) is 10.6. The first-order valence-corrected chi connectivity index (χ1v) is 8.66. The highest BCUT2D eigenvalue weighted by molar-refractivity contribution is 6.05. The summed E-state index contributed by atoms with van der Waals surface area (Å²) >= 11 is 0. The van der Waals surface area contributed by atoms with Crippen molar-refractivity contribution in [3.8, 4) is 22.5 Å². The lowest BCUT2D eigenvalue weighted by atomic mass is 9.98. The van der Waals surface area contributed by atoms with Crippen molar-refractivity contribution in [2.24, 2.45) is 0 Å². The summed E-state index contributed by atoms with van der Waals surface area (Å²) < 4.78 is 41.2. The standard InChI is InChI=1S/C21H12F3N5O/c22-15-3-4-16(23)20(19(15)24)29-21(30)12-1-2-13(17-5-7-25-10-27-17)14(9-12)18-6-8-26-11-28-18/h1-11H,(H,29,30). The molecular weight excluding hydrogens is 395 g/mol. The number of carbonyl (C=O) groups is 1. The maximum absolute atomic E-state index is 13.9. The number of hydrogen-bond donors (Lipinski definition) is 1. The summed E-state index contributed by atoms with van der Waals surface area (Å²) in [5.41, 5.74) is 1.54. The van der Waals surface area contributed by atoms with Crippen molar-refractivity contribution < 1.29 is 18.0 Å². The first kappa shape index (κ1) is 19.2. The van der Waals surface area contributed by atoms with Gasteiger partial charge in [0.1, 0.15) is 24.2 Å². The topological polar surface area (TPSA) is 80.7 Å². The molecule has 30 heavy (non-hydrogen) atoms. The van der Waals surface area contributed by atoms with Gasteiger partial charge in [0, 0.05) is 29.1 Å². The lowest BCUT2D eigenvalue weighted by molar-refractivity contribution is 0.102. The summed E-state index contributed by atoms with van der Waals surface area (Å²) in [5.74, 6) is -4.65. The van der Waals surface area contributed by atoms with E-state index >= 15 is 0 Å². The van der Waals surface area contributed by atoms with Crippen LogP contribution in [-0.4, -0.2) is 25.8 Å². The molecule has 0 aliphatic heterocycles. The predicted octanol–water partition coefficient (Wildman–Crippen LogP) is 4.27. The molecule has 0 spiro atoms. The highest BCUT2D eigenvalue weighted by Crippen LogP contribution is 2.31. The number of amides is 1. The summed E-state index contributed by atoms with van der Waals surface area (Å²) in [6, 6.07) is 9.32. The number of rotatable bonds is 4. The molecule has 2 aromatic carbocycles. The number of nitrogens with one attached hydrogen (secondary N) is 1. The first-order chi connectivity index (χ1) is 14.5. The Labute approximate surface area is 168 Å². The molecule has 0 saturated heterocycles. The maximum atomic E-state index is 13.9. The van der Waals surface area contributed by atoms with Crippen LogP contribution in [0.1, 0.15) is 10.4 Å². The summed E-state index contributed by atoms with van der Waals surface area (Å²) in [6.45, 7) is 0. The van der Waals surface area contributed by atoms with E-state index in [9.17, 15) is 18.0 Å². The van der Waals surface area contributed by atoms with Gasteiger partial charge in [-0.2, -0.15) is 0 Å². The van der Waals surface area contributed by atoms with Crippen molar-refractivity contribution in [2.75, 3.05) is 5.32 Å². The molecule has 0 aliphatic carbocycles. The fourth-order valence-corrected chi connectivity index (χ4v) is 2.85. The summed E-state index contributed by atoms with van der Waals surface area (Å²) in [6.07, 6.45) is 5.84. The van der Waals surface area contributed by atoms with Crippen LogP contribution in [0.25, 0.3) is 22.5 Å². The quantitative estimate of drug-likeness (QED) is 0.511. The molecule has 0 radical (unpaired) electrons. The monoisotopic (exact) mass is 407 g/mol. The third-order valence-electron chi connectivity index (χ3n) is 4.28. The van der Waals surface area contributed by atoms with Gasteiger partial charge in [-0.15, -0.1) is 0 Å². The van der Waals surface area contributed by atoms with Gasteiger partial charge in [-0.25, -0.2) is 33.1 Å². The second kappa shape index (κ2) is 8.08. The molecule has 148 valence electrons. The van der Waals surface area contributed by atoms with Crippen LogP contribution in [0, 0.1) is 17.5 Å². The molecule has 2 aromatic heterocycles. The van der Waals surface area contributed by atoms with Crippen LogP contribution in [0.4, 0.5) is 18.9 Å². The van der Waals surface area contributed by atoms with E-state index in [1.54, 1.807) is 24.4 Å². The average molecular weight is 407 g/mol. The minimum absolute atomic E-state index is 0.0875. The molecule has 0 saturated carbocycles. The molecule has 4 rings (SSSR count). The van der Waals surface area contributed by atoms with E-state index in [4.69, 9.17) is 0 Å². The van der Waals surface area contributed by atoms with Crippen molar-refractivity contribution >= 4 is 11.6 Å². The number of anilines is 1. The summed E-state index contributed by atoms with van der Waals surface area (Å²) in [4.78, 5) is 28.8. The van der Waals surface area contributed by atoms with Crippen LogP contribution in [0.5, 0.6) is 0 Å². The Morgan fingerprint density at radius 2 is 1.40 bits per heavy atom. The molecule has 0 aliphatic rings. The fraction of sp³-hybridized carbons (Fsp3) is 0. The second-order valence-electron chi connectivity index (χ2n) is 6.12. The van der Waals surface area contributed by atoms with E-state index in [0.29, 0.717) is 28.6 Å². The van der Waals surface area contributed by atoms with E-state index in [0.717, 1.165) is 6.07 Å². The Hall–Kier alpha value is -4.14. The summed E-state index contributed by atoms with van der Waals surface area (Å²) in [5, 5.41) is 2.09. The van der Waals surface area contributed by atoms with Gasteiger partial charge >= 0.3 is 0 Å². The van der Waals surface area contributed by atoms with Crippen molar-refractivity contribution in [3.63, 3.8) is 0 Å². The summed E-state index contributed by atoms with van der Waals surface area (Å²) in [7, 11) is 0. The van der Waals surface area contributed by atoms with Crippen LogP contribution in [0.15, 0.2) is 67.5 Å². The van der Waals surface area contributed by atoms with Gasteiger partial charge < -0.3 is 5.32 Å². The molecule has 1 N–H and O–H groups in total. The Morgan fingerprint density at radius 1 is 0.767 bits per heavy atom. The van der Waals surface area contributed by atoms with Crippen LogP contribution < -0.4 is 5.32 Å². The maximum Gasteiger partial charge on any atom is 0.255 e. The number of halogens is 3. The van der Waals surface area contributed by atoms with Crippen molar-refractivity contribution in [2.45, 2.75) is 0 Å². The minimum atomic E-state index is -1.48. The van der Waals surface area contributed by atoms with Gasteiger partial charge in [0.25, 0.3) is 5.91 Å². The minimum Gasteiger partial charge on any atom is -0.317 e. The van der Waals surface area contributed by atoms with Gasteiger partial charge in [-0.05, 0) is 36.4 Å². The third kappa shape index (κ3) is 3.72. The number of aromatic nitrogens is 4. The average Bonchev–Trinajstić information content (AvgIpc) is 2.80. The van der Waals surface area contributed by atoms with Gasteiger partial charge in [-0.3, -0.25) is 4.79 Å². The number of benzene rings is 2. The lowest BCUT2D eigenvalue weighted by Crippen LogP contribution is -2.15. The molecule has 0 fully saturated rings. The number of carbonyl (C=O) groups excluding carboxylic acids is 1. The Balaban J connectivity index is 1.77. The largest absolute Gasteiger partial charge is 0.317 e. The second-order valence-corrected chi connectivity index (χ2v) is 6.12. The van der Waals surface area contributed by atoms with Crippen molar-refractivity contribution in [1.29, 1.82) is 0 Å². The molecule has 1 amide bonds. The van der Waals surface area contributed by atoms with Gasteiger partial charge in [0.2, 0.25) is 0 Å². The Morgan fingerprint density at radius 3 is 2.03 bits per heavy atom. The Kier molecular flexibility index (Phi) is 5.17. The zero-order valence-electron chi connectivity index (χ0n) is 15.2. The molecular formula is C21H12F3N5O. The van der Waals surface area contributed by atoms with Gasteiger partial charge in [-0.1, -0.05) is 6.07 Å². The predicted molar refractivity (Wildman–Crippen MR) is 103 cm³/mol. The van der Waals surface area contributed by atoms with Crippen LogP contribution in [0.3, 0.4) is 0 Å². The van der Waals surface area contributed by atoms with Crippen LogP contribution in [-0.2, 0) is 0 Å².